The van der Waals surface area contributed by atoms with E-state index in [0.29, 0.717) is 0 Å². The van der Waals surface area contributed by atoms with E-state index in [1.807, 2.05) is 0 Å². The van der Waals surface area contributed by atoms with Gasteiger partial charge in [-0.3, -0.25) is 0 Å². The second kappa shape index (κ2) is 17.2. The van der Waals surface area contributed by atoms with Crippen molar-refractivity contribution >= 4 is 34.0 Å². The van der Waals surface area contributed by atoms with Crippen LogP contribution in [-0.2, 0) is 6.42 Å². The summed E-state index contributed by atoms with van der Waals surface area (Å²) >= 11 is 0. The van der Waals surface area contributed by atoms with E-state index in [-0.39, 0.29) is 12.0 Å². The number of ether oxygens (including phenoxy) is 1. The van der Waals surface area contributed by atoms with Crippen LogP contribution in [0, 0.1) is 0 Å². The van der Waals surface area contributed by atoms with E-state index in [1.165, 1.54) is 61.2 Å². The van der Waals surface area contributed by atoms with E-state index >= 15 is 0 Å². The first-order chi connectivity index (χ1) is 34.2. The third-order valence-corrected chi connectivity index (χ3v) is 14.2. The van der Waals surface area contributed by atoms with Gasteiger partial charge in [0.15, 0.2) is 0 Å². The summed E-state index contributed by atoms with van der Waals surface area (Å²) in [5.41, 5.74) is 21.4. The maximum Gasteiger partial charge on any atom is 0.132 e. The predicted molar refractivity (Wildman–Crippen MR) is 288 cm³/mol. The van der Waals surface area contributed by atoms with Crippen molar-refractivity contribution in [1.29, 1.82) is 0 Å². The van der Waals surface area contributed by atoms with Gasteiger partial charge in [0, 0.05) is 56.2 Å². The molecule has 2 heterocycles. The SMILES string of the molecule is C1=CC2Oc3c(-c4cccc(N(c5ccc(-c6ccc(-c7ccccc7-n7c8c(c9ccccc97)C=CCC8)cc6)cc5)c5ccccc5-c5cccc(-c6ccccc6)c5)c4)cccc3C2C=C1. The van der Waals surface area contributed by atoms with Gasteiger partial charge >= 0.3 is 0 Å². The normalized spacial score (nSPS) is 15.4. The second-order valence-electron chi connectivity index (χ2n) is 18.2. The first-order valence-electron chi connectivity index (χ1n) is 24.1. The van der Waals surface area contributed by atoms with E-state index in [1.54, 1.807) is 0 Å². The average molecular weight is 885 g/mol. The highest BCUT2D eigenvalue weighted by atomic mass is 16.5. The minimum Gasteiger partial charge on any atom is -0.484 e. The number of benzene rings is 9. The van der Waals surface area contributed by atoms with E-state index in [4.69, 9.17) is 4.74 Å². The molecule has 3 aliphatic rings. The molecule has 0 bridgehead atoms. The Bertz CT molecular complexity index is 3650. The third-order valence-electron chi connectivity index (χ3n) is 14.2. The van der Waals surface area contributed by atoms with Gasteiger partial charge < -0.3 is 14.2 Å². The fourth-order valence-electron chi connectivity index (χ4n) is 10.9. The number of rotatable bonds is 9. The van der Waals surface area contributed by atoms with Crippen molar-refractivity contribution in [2.24, 2.45) is 0 Å². The van der Waals surface area contributed by atoms with Crippen LogP contribution in [0.15, 0.2) is 249 Å². The Kier molecular flexibility index (Phi) is 10.1. The van der Waals surface area contributed by atoms with Crippen molar-refractivity contribution in [2.45, 2.75) is 24.9 Å². The van der Waals surface area contributed by atoms with Crippen molar-refractivity contribution in [3.05, 3.63) is 266 Å². The van der Waals surface area contributed by atoms with Gasteiger partial charge in [-0.1, -0.05) is 200 Å². The van der Waals surface area contributed by atoms with Gasteiger partial charge in [-0.25, -0.2) is 0 Å². The van der Waals surface area contributed by atoms with Crippen molar-refractivity contribution in [2.75, 3.05) is 4.90 Å². The molecule has 2 aliphatic carbocycles. The van der Waals surface area contributed by atoms with Gasteiger partial charge in [-0.05, 0) is 106 Å². The number of para-hydroxylation sites is 4. The Morgan fingerprint density at radius 2 is 1.10 bits per heavy atom. The highest BCUT2D eigenvalue weighted by molar-refractivity contribution is 5.95. The van der Waals surface area contributed by atoms with E-state index in [2.05, 4.69) is 264 Å². The molecule has 2 atom stereocenters. The van der Waals surface area contributed by atoms with Crippen molar-refractivity contribution in [1.82, 2.24) is 4.57 Å². The summed E-state index contributed by atoms with van der Waals surface area (Å²) < 4.78 is 9.18. The van der Waals surface area contributed by atoms with Crippen LogP contribution in [0.4, 0.5) is 17.1 Å². The molecule has 2 unspecified atom stereocenters. The van der Waals surface area contributed by atoms with Crippen molar-refractivity contribution in [3.8, 4) is 67.1 Å². The smallest absolute Gasteiger partial charge is 0.132 e. The van der Waals surface area contributed by atoms with Gasteiger partial charge in [-0.2, -0.15) is 0 Å². The Balaban J connectivity index is 0.883. The summed E-state index contributed by atoms with van der Waals surface area (Å²) in [6, 6.07) is 79.7. The lowest BCUT2D eigenvalue weighted by Gasteiger charge is -2.28. The van der Waals surface area contributed by atoms with Crippen LogP contribution < -0.4 is 9.64 Å². The van der Waals surface area contributed by atoms with Crippen LogP contribution in [0.1, 0.15) is 29.2 Å². The van der Waals surface area contributed by atoms with Gasteiger partial charge in [0.2, 0.25) is 0 Å². The van der Waals surface area contributed by atoms with Gasteiger partial charge in [0.05, 0.1) is 16.9 Å². The molecule has 1 aromatic heterocycles. The van der Waals surface area contributed by atoms with Crippen LogP contribution in [0.25, 0.3) is 78.3 Å². The molecule has 9 aromatic carbocycles. The summed E-state index contributed by atoms with van der Waals surface area (Å²) in [6.45, 7) is 0. The molecule has 10 aromatic rings. The highest BCUT2D eigenvalue weighted by Gasteiger charge is 2.34. The molecule has 3 nitrogen and oxygen atoms in total. The molecular weight excluding hydrogens is 837 g/mol. The Labute approximate surface area is 403 Å². The zero-order valence-corrected chi connectivity index (χ0v) is 38.1. The van der Waals surface area contributed by atoms with Crippen LogP contribution in [0.5, 0.6) is 5.75 Å². The second-order valence-corrected chi connectivity index (χ2v) is 18.2. The van der Waals surface area contributed by atoms with Gasteiger partial charge in [0.1, 0.15) is 11.9 Å². The molecule has 1 aliphatic heterocycles. The Hall–Kier alpha value is -8.66. The molecular formula is C66H48N2O. The van der Waals surface area contributed by atoms with Crippen LogP contribution in [0.2, 0.25) is 0 Å². The van der Waals surface area contributed by atoms with Crippen LogP contribution in [0.3, 0.4) is 0 Å². The fraction of sp³-hybridized carbons (Fsp3) is 0.0606. The van der Waals surface area contributed by atoms with Gasteiger partial charge in [0.25, 0.3) is 0 Å². The third kappa shape index (κ3) is 7.22. The molecule has 3 heteroatoms. The standard InChI is InChI=1S/C66H48N2O/c1-2-17-45(18-3-1)49-19-14-20-50(43-49)55-24-5-9-30-61(55)67(53-22-15-21-51(44-53)56-28-16-29-60-59-27-8-13-34-65(59)69-66(56)60)52-41-39-47(40-42-52)46-35-37-48(38-36-46)54-23-4-10-31-62(54)68-63-32-11-6-25-57(63)58-26-7-12-33-64(58)68/h1-11,13-32,34-44,59,65H,12,33H2. The molecule has 13 rings (SSSR count). The maximum atomic E-state index is 6.68. The number of anilines is 3. The molecule has 0 radical (unpaired) electrons. The number of fused-ring (bicyclic) bond motifs is 6. The quantitative estimate of drug-likeness (QED) is 0.144. The molecule has 69 heavy (non-hydrogen) atoms. The Morgan fingerprint density at radius 1 is 0.464 bits per heavy atom. The molecule has 0 saturated heterocycles. The van der Waals surface area contributed by atoms with E-state index < -0.39 is 0 Å². The van der Waals surface area contributed by atoms with Crippen molar-refractivity contribution < 1.29 is 4.74 Å². The molecule has 0 saturated carbocycles. The number of hydrogen-bond acceptors (Lipinski definition) is 2. The average Bonchev–Trinajstić information content (AvgIpc) is 3.98. The highest BCUT2D eigenvalue weighted by Crippen LogP contribution is 2.49. The lowest BCUT2D eigenvalue weighted by molar-refractivity contribution is 0.270. The maximum absolute atomic E-state index is 6.68. The van der Waals surface area contributed by atoms with Crippen LogP contribution in [-0.4, -0.2) is 10.7 Å². The summed E-state index contributed by atoms with van der Waals surface area (Å²) in [5.74, 6) is 1.20. The molecule has 0 fully saturated rings. The van der Waals surface area contributed by atoms with E-state index in [0.717, 1.165) is 63.5 Å². The lowest BCUT2D eigenvalue weighted by Crippen LogP contribution is -2.15. The van der Waals surface area contributed by atoms with Gasteiger partial charge in [-0.15, -0.1) is 0 Å². The first kappa shape index (κ1) is 40.6. The largest absolute Gasteiger partial charge is 0.484 e. The molecule has 0 spiro atoms. The number of allylic oxidation sites excluding steroid dienone is 3. The minimum absolute atomic E-state index is 0.0171. The summed E-state index contributed by atoms with van der Waals surface area (Å²) in [6.07, 6.45) is 15.4. The summed E-state index contributed by atoms with van der Waals surface area (Å²) in [4.78, 5) is 2.41. The lowest BCUT2D eigenvalue weighted by atomic mass is 9.90. The number of hydrogen-bond donors (Lipinski definition) is 0. The van der Waals surface area contributed by atoms with Crippen LogP contribution >= 0.6 is 0 Å². The Morgan fingerprint density at radius 3 is 1.97 bits per heavy atom. The predicted octanol–water partition coefficient (Wildman–Crippen LogP) is 17.4. The summed E-state index contributed by atoms with van der Waals surface area (Å²) in [7, 11) is 0. The monoisotopic (exact) mass is 884 g/mol. The minimum atomic E-state index is 0.0171. The topological polar surface area (TPSA) is 17.4 Å². The molecule has 0 amide bonds. The number of aromatic nitrogens is 1. The zero-order chi connectivity index (χ0) is 45.7. The number of nitrogens with zero attached hydrogens (tertiary/aromatic N) is 2. The zero-order valence-electron chi connectivity index (χ0n) is 38.1. The first-order valence-corrected chi connectivity index (χ1v) is 24.1. The van der Waals surface area contributed by atoms with Crippen molar-refractivity contribution in [3.63, 3.8) is 0 Å². The molecule has 0 N–H and O–H groups in total. The molecule has 328 valence electrons. The van der Waals surface area contributed by atoms with E-state index in [9.17, 15) is 0 Å². The fourth-order valence-corrected chi connectivity index (χ4v) is 10.9. The summed E-state index contributed by atoms with van der Waals surface area (Å²) in [5, 5.41) is 1.31.